The Balaban J connectivity index is 1.27. The Morgan fingerprint density at radius 2 is 2.02 bits per heavy atom. The molecule has 1 aromatic rings. The van der Waals surface area contributed by atoms with Gasteiger partial charge < -0.3 is 40.4 Å². The molecule has 1 amide bonds. The zero-order valence-electron chi connectivity index (χ0n) is 24.1. The summed E-state index contributed by atoms with van der Waals surface area (Å²) in [6.07, 6.45) is 2.28. The molecule has 1 fully saturated rings. The summed E-state index contributed by atoms with van der Waals surface area (Å²) < 4.78 is 17.4. The zero-order valence-corrected chi connectivity index (χ0v) is 24.1. The topological polar surface area (TPSA) is 161 Å². The van der Waals surface area contributed by atoms with Gasteiger partial charge in [0.2, 0.25) is 5.91 Å². The lowest BCUT2D eigenvalue weighted by atomic mass is 9.52. The van der Waals surface area contributed by atoms with Crippen molar-refractivity contribution in [3.8, 4) is 11.5 Å². The molecule has 11 nitrogen and oxygen atoms in total. The number of likely N-dealkylation sites (N-methyl/N-ethyl adjacent to an activating group) is 1. The number of nitrogens with one attached hydrogen (secondary N) is 1. The normalized spacial score (nSPS) is 29.4. The molecule has 1 aromatic carbocycles. The lowest BCUT2D eigenvalue weighted by molar-refractivity contribution is -0.167. The van der Waals surface area contributed by atoms with Crippen molar-refractivity contribution >= 4 is 17.8 Å². The molecular weight excluding hydrogens is 530 g/mol. The summed E-state index contributed by atoms with van der Waals surface area (Å²) in [5.74, 6) is -0.983. The van der Waals surface area contributed by atoms with Crippen LogP contribution in [0.1, 0.15) is 64.0 Å². The van der Waals surface area contributed by atoms with Gasteiger partial charge in [-0.1, -0.05) is 19.9 Å². The smallest absolute Gasteiger partial charge is 0.352 e. The van der Waals surface area contributed by atoms with Crippen LogP contribution in [-0.4, -0.2) is 83.0 Å². The maximum absolute atomic E-state index is 13.1. The number of benzene rings is 1. The van der Waals surface area contributed by atoms with Gasteiger partial charge in [-0.15, -0.1) is 0 Å². The summed E-state index contributed by atoms with van der Waals surface area (Å²) >= 11 is 0. The van der Waals surface area contributed by atoms with Crippen molar-refractivity contribution in [1.82, 2.24) is 10.2 Å². The molecule has 2 bridgehead atoms. The van der Waals surface area contributed by atoms with Crippen molar-refractivity contribution in [2.24, 2.45) is 11.7 Å². The minimum atomic E-state index is -1.22. The number of amides is 1. The third-order valence-corrected chi connectivity index (χ3v) is 9.13. The van der Waals surface area contributed by atoms with E-state index in [9.17, 15) is 24.6 Å². The summed E-state index contributed by atoms with van der Waals surface area (Å²) in [6.45, 7) is 6.18. The number of phenolic OH excluding ortho intramolecular Hbond substituents is 1. The van der Waals surface area contributed by atoms with Gasteiger partial charge in [0.05, 0.1) is 23.5 Å². The molecule has 6 atom stereocenters. The Morgan fingerprint density at radius 1 is 1.27 bits per heavy atom. The van der Waals surface area contributed by atoms with E-state index in [4.69, 9.17) is 19.9 Å². The molecule has 0 saturated carbocycles. The highest BCUT2D eigenvalue weighted by atomic mass is 16.6. The minimum absolute atomic E-state index is 0.0174. The largest absolute Gasteiger partial charge is 0.504 e. The Labute approximate surface area is 240 Å². The monoisotopic (exact) mass is 571 g/mol. The van der Waals surface area contributed by atoms with Crippen molar-refractivity contribution in [3.63, 3.8) is 0 Å². The van der Waals surface area contributed by atoms with Gasteiger partial charge in [0.15, 0.2) is 23.7 Å². The number of carbonyl (C=O) groups excluding carboxylic acids is 3. The van der Waals surface area contributed by atoms with Crippen LogP contribution < -0.4 is 15.8 Å². The summed E-state index contributed by atoms with van der Waals surface area (Å²) in [7, 11) is 2.01. The Morgan fingerprint density at radius 3 is 2.76 bits per heavy atom. The molecule has 0 aromatic heterocycles. The predicted octanol–water partition coefficient (Wildman–Crippen LogP) is 1.41. The fourth-order valence-corrected chi connectivity index (χ4v) is 7.23. The highest BCUT2D eigenvalue weighted by Crippen LogP contribution is 2.64. The first-order chi connectivity index (χ1) is 19.4. The zero-order chi connectivity index (χ0) is 29.7. The summed E-state index contributed by atoms with van der Waals surface area (Å²) in [5.41, 5.74) is 5.58. The van der Waals surface area contributed by atoms with Crippen molar-refractivity contribution in [2.45, 2.75) is 94.6 Å². The van der Waals surface area contributed by atoms with Crippen LogP contribution in [-0.2, 0) is 35.7 Å². The molecule has 5 N–H and O–H groups in total. The van der Waals surface area contributed by atoms with Crippen LogP contribution in [0, 0.1) is 5.92 Å². The molecule has 2 heterocycles. The van der Waals surface area contributed by atoms with Gasteiger partial charge in [-0.2, -0.15) is 0 Å². The third kappa shape index (κ3) is 4.87. The van der Waals surface area contributed by atoms with Crippen molar-refractivity contribution in [3.05, 3.63) is 35.1 Å². The van der Waals surface area contributed by atoms with Gasteiger partial charge >= 0.3 is 11.9 Å². The average Bonchev–Trinajstić information content (AvgIpc) is 3.25. The minimum Gasteiger partial charge on any atom is -0.504 e. The number of aliphatic hydroxyl groups is 1. The fourth-order valence-electron chi connectivity index (χ4n) is 7.23. The van der Waals surface area contributed by atoms with Gasteiger partial charge in [0.1, 0.15) is 5.76 Å². The molecule has 41 heavy (non-hydrogen) atoms. The number of nitrogens with two attached hydrogens (primary N) is 1. The maximum Gasteiger partial charge on any atom is 0.352 e. The first-order valence-corrected chi connectivity index (χ1v) is 14.5. The van der Waals surface area contributed by atoms with Gasteiger partial charge in [0.25, 0.3) is 0 Å². The lowest BCUT2D eigenvalue weighted by Crippen LogP contribution is -2.69. The van der Waals surface area contributed by atoms with Crippen LogP contribution in [0.4, 0.5) is 0 Å². The van der Waals surface area contributed by atoms with E-state index in [-0.39, 0.29) is 48.8 Å². The molecule has 1 spiro atoms. The Kier molecular flexibility index (Phi) is 7.82. The van der Waals surface area contributed by atoms with E-state index in [1.165, 1.54) is 6.92 Å². The standard InChI is InChI=1S/C30H41N3O8/c1-16(2)14-19(31)27(36)32-12-9-23(35)39-17(3)28(37)40-21-8-11-30(38)22-15-18-6-7-20(34)25-24(18)29(30,26(21)41-25)10-5-13-33(22)4/h6-8,16-17,19,22,26,34,38H,5,9-15,31H2,1-4H3,(H,32,36)/t17-,19-,22+,26-,29-,30+/m0/s1. The molecule has 4 aliphatic rings. The summed E-state index contributed by atoms with van der Waals surface area (Å²) in [6, 6.07) is 2.67. The van der Waals surface area contributed by atoms with Gasteiger partial charge in [-0.3, -0.25) is 9.59 Å². The molecular formula is C30H41N3O8. The summed E-state index contributed by atoms with van der Waals surface area (Å²) in [5, 5.41) is 25.7. The van der Waals surface area contributed by atoms with Crippen LogP contribution >= 0.6 is 0 Å². The van der Waals surface area contributed by atoms with Crippen LogP contribution in [0.15, 0.2) is 24.0 Å². The molecule has 2 aliphatic heterocycles. The first kappa shape index (κ1) is 29.3. The number of esters is 2. The number of ether oxygens (including phenoxy) is 3. The van der Waals surface area contributed by atoms with Crippen LogP contribution in [0.3, 0.4) is 0 Å². The Hall–Kier alpha value is -3.15. The van der Waals surface area contributed by atoms with Crippen LogP contribution in [0.25, 0.3) is 0 Å². The number of rotatable bonds is 9. The van der Waals surface area contributed by atoms with E-state index < -0.39 is 41.2 Å². The third-order valence-electron chi connectivity index (χ3n) is 9.13. The van der Waals surface area contributed by atoms with E-state index in [0.29, 0.717) is 25.0 Å². The number of nitrogens with zero attached hydrogens (tertiary/aromatic N) is 1. The van der Waals surface area contributed by atoms with Crippen molar-refractivity contribution in [2.75, 3.05) is 20.1 Å². The van der Waals surface area contributed by atoms with Crippen molar-refractivity contribution in [1.29, 1.82) is 0 Å². The lowest BCUT2D eigenvalue weighted by Gasteiger charge is -2.56. The predicted molar refractivity (Wildman–Crippen MR) is 148 cm³/mol. The number of hydrogen-bond donors (Lipinski definition) is 4. The maximum atomic E-state index is 13.1. The average molecular weight is 572 g/mol. The molecule has 1 saturated heterocycles. The number of phenols is 1. The van der Waals surface area contributed by atoms with Crippen LogP contribution in [0.2, 0.25) is 0 Å². The number of hydrogen-bond acceptors (Lipinski definition) is 10. The van der Waals surface area contributed by atoms with E-state index in [0.717, 1.165) is 24.1 Å². The molecule has 0 radical (unpaired) electrons. The second-order valence-corrected chi connectivity index (χ2v) is 12.3. The van der Waals surface area contributed by atoms with E-state index >= 15 is 0 Å². The van der Waals surface area contributed by atoms with Crippen molar-refractivity contribution < 1.29 is 38.8 Å². The Bertz CT molecular complexity index is 1260. The van der Waals surface area contributed by atoms with Gasteiger partial charge in [-0.25, -0.2) is 4.79 Å². The molecule has 2 aliphatic carbocycles. The highest BCUT2D eigenvalue weighted by molar-refractivity contribution is 5.83. The first-order valence-electron chi connectivity index (χ1n) is 14.5. The number of carbonyl (C=O) groups is 3. The van der Waals surface area contributed by atoms with Gasteiger partial charge in [-0.05, 0) is 69.8 Å². The quantitative estimate of drug-likeness (QED) is 0.319. The second-order valence-electron chi connectivity index (χ2n) is 12.3. The molecule has 0 unspecified atom stereocenters. The van der Waals surface area contributed by atoms with Crippen LogP contribution in [0.5, 0.6) is 11.5 Å². The SMILES string of the molecule is CC(C)C[C@H](N)C(=O)NCCC(=O)O[C@@H](C)C(=O)OC1=CC[C@@]2(O)[C@H]3Cc4ccc(O)c5c4[C@@]2(CCCN3C)[C@H]1O5. The van der Waals surface area contributed by atoms with E-state index in [1.54, 1.807) is 12.1 Å². The number of likely N-dealkylation sites (tertiary alicyclic amines) is 1. The molecule has 11 heteroatoms. The van der Waals surface area contributed by atoms with E-state index in [1.807, 2.05) is 27.0 Å². The molecule has 5 rings (SSSR count). The van der Waals surface area contributed by atoms with E-state index in [2.05, 4.69) is 10.2 Å². The fraction of sp³-hybridized carbons (Fsp3) is 0.633. The highest BCUT2D eigenvalue weighted by Gasteiger charge is 2.71. The van der Waals surface area contributed by atoms with Gasteiger partial charge in [0, 0.05) is 24.6 Å². The number of aromatic hydroxyl groups is 1. The molecule has 224 valence electrons. The second kappa shape index (κ2) is 10.9. The summed E-state index contributed by atoms with van der Waals surface area (Å²) in [4.78, 5) is 39.7.